The smallest absolute Gasteiger partial charge is 0.417 e. The molecule has 8 heteroatoms. The lowest BCUT2D eigenvalue weighted by atomic mass is 10.1. The van der Waals surface area contributed by atoms with Crippen LogP contribution in [0.25, 0.3) is 6.08 Å². The molecule has 36 heavy (non-hydrogen) atoms. The van der Waals surface area contributed by atoms with Gasteiger partial charge in [-0.15, -0.1) is 0 Å². The molecule has 0 N–H and O–H groups in total. The summed E-state index contributed by atoms with van der Waals surface area (Å²) in [4.78, 5) is 26.2. The van der Waals surface area contributed by atoms with Crippen LogP contribution in [0.4, 0.5) is 4.79 Å². The molecule has 7 nitrogen and oxygen atoms in total. The number of rotatable bonds is 8. The first kappa shape index (κ1) is 27.9. The molecule has 1 aliphatic heterocycles. The maximum Gasteiger partial charge on any atom is 0.417 e. The second-order valence-electron chi connectivity index (χ2n) is 10.9. The van der Waals surface area contributed by atoms with Crippen LogP contribution in [-0.4, -0.2) is 40.8 Å². The van der Waals surface area contributed by atoms with Crippen molar-refractivity contribution in [3.63, 3.8) is 0 Å². The minimum atomic E-state index is -3.42. The van der Waals surface area contributed by atoms with Crippen molar-refractivity contribution in [2.24, 2.45) is 0 Å². The number of benzene rings is 2. The van der Waals surface area contributed by atoms with Gasteiger partial charge in [0.25, 0.3) is 5.91 Å². The highest BCUT2D eigenvalue weighted by Crippen LogP contribution is 2.56. The van der Waals surface area contributed by atoms with E-state index in [0.717, 1.165) is 16.7 Å². The number of nitrogens with zero attached hydrogens (tertiary/aromatic N) is 1. The molecule has 3 rings (SSSR count). The predicted octanol–water partition coefficient (Wildman–Crippen LogP) is 6.61. The topological polar surface area (TPSA) is 82.1 Å². The maximum absolute atomic E-state index is 13.5. The van der Waals surface area contributed by atoms with Gasteiger partial charge in [0, 0.05) is 6.08 Å². The summed E-state index contributed by atoms with van der Waals surface area (Å²) in [5.41, 5.74) is 1.34. The first-order valence-corrected chi connectivity index (χ1v) is 13.8. The van der Waals surface area contributed by atoms with E-state index >= 15 is 0 Å². The van der Waals surface area contributed by atoms with Gasteiger partial charge in [-0.1, -0.05) is 54.6 Å². The van der Waals surface area contributed by atoms with Gasteiger partial charge in [-0.05, 0) is 70.7 Å². The van der Waals surface area contributed by atoms with E-state index in [-0.39, 0.29) is 18.8 Å². The Morgan fingerprint density at radius 1 is 0.972 bits per heavy atom. The van der Waals surface area contributed by atoms with Crippen molar-refractivity contribution < 1.29 is 27.9 Å². The lowest BCUT2D eigenvalue weighted by molar-refractivity contribution is -0.124. The SMILES string of the molecule is CC(C)(C)OP(=O)(Cc1ccc(/C=C/C(=O)N2C(=O)OC[C@@H]2Cc2ccccc2)cc1)OC(C)(C)C. The van der Waals surface area contributed by atoms with E-state index in [1.165, 1.54) is 11.0 Å². The summed E-state index contributed by atoms with van der Waals surface area (Å²) >= 11 is 0. The van der Waals surface area contributed by atoms with Gasteiger partial charge in [-0.2, -0.15) is 0 Å². The predicted molar refractivity (Wildman–Crippen MR) is 141 cm³/mol. The quantitative estimate of drug-likeness (QED) is 0.292. The van der Waals surface area contributed by atoms with Crippen LogP contribution in [0.3, 0.4) is 0 Å². The molecule has 1 fully saturated rings. The van der Waals surface area contributed by atoms with Gasteiger partial charge < -0.3 is 13.8 Å². The fourth-order valence-electron chi connectivity index (χ4n) is 3.89. The van der Waals surface area contributed by atoms with Crippen LogP contribution in [0.15, 0.2) is 60.7 Å². The molecule has 0 spiro atoms. The number of carbonyl (C=O) groups excluding carboxylic acids is 2. The molecule has 0 bridgehead atoms. The summed E-state index contributed by atoms with van der Waals surface area (Å²) in [6, 6.07) is 16.6. The van der Waals surface area contributed by atoms with E-state index in [2.05, 4.69) is 0 Å². The molecular weight excluding hydrogens is 477 g/mol. The van der Waals surface area contributed by atoms with E-state index < -0.39 is 30.8 Å². The van der Waals surface area contributed by atoms with Crippen molar-refractivity contribution >= 4 is 25.7 Å². The Kier molecular flexibility index (Phi) is 8.60. The minimum absolute atomic E-state index is 0.130. The van der Waals surface area contributed by atoms with E-state index in [1.54, 1.807) is 6.08 Å². The number of imide groups is 1. The molecular formula is C28H36NO6P. The number of amides is 2. The van der Waals surface area contributed by atoms with Gasteiger partial charge in [-0.3, -0.25) is 9.36 Å². The third-order valence-corrected chi connectivity index (χ3v) is 7.52. The second-order valence-corrected chi connectivity index (χ2v) is 12.8. The average Bonchev–Trinajstić information content (AvgIpc) is 3.10. The Labute approximate surface area is 214 Å². The van der Waals surface area contributed by atoms with Crippen LogP contribution >= 0.6 is 7.60 Å². The van der Waals surface area contributed by atoms with Crippen molar-refractivity contribution in [3.05, 3.63) is 77.4 Å². The zero-order chi connectivity index (χ0) is 26.6. The molecule has 0 unspecified atom stereocenters. The van der Waals surface area contributed by atoms with Crippen molar-refractivity contribution in [2.75, 3.05) is 6.61 Å². The molecule has 2 amide bonds. The number of hydrogen-bond donors (Lipinski definition) is 0. The molecule has 1 saturated heterocycles. The highest BCUT2D eigenvalue weighted by Gasteiger charge is 2.37. The Balaban J connectivity index is 1.68. The van der Waals surface area contributed by atoms with Crippen LogP contribution in [0, 0.1) is 0 Å². The maximum atomic E-state index is 13.5. The number of cyclic esters (lactones) is 1. The monoisotopic (exact) mass is 513 g/mol. The van der Waals surface area contributed by atoms with Crippen LogP contribution in [0.2, 0.25) is 0 Å². The minimum Gasteiger partial charge on any atom is -0.447 e. The lowest BCUT2D eigenvalue weighted by Crippen LogP contribution is -2.39. The molecule has 0 aliphatic carbocycles. The highest BCUT2D eigenvalue weighted by molar-refractivity contribution is 7.53. The number of carbonyl (C=O) groups is 2. The normalized spacial score (nSPS) is 17.0. The number of ether oxygens (including phenoxy) is 1. The Morgan fingerprint density at radius 2 is 1.56 bits per heavy atom. The molecule has 0 radical (unpaired) electrons. The Hall–Kier alpha value is -2.73. The first-order valence-electron chi connectivity index (χ1n) is 12.0. The molecule has 2 aromatic carbocycles. The van der Waals surface area contributed by atoms with Gasteiger partial charge in [-0.25, -0.2) is 9.69 Å². The molecule has 0 aromatic heterocycles. The van der Waals surface area contributed by atoms with Crippen molar-refractivity contribution in [2.45, 2.75) is 71.4 Å². The van der Waals surface area contributed by atoms with Crippen molar-refractivity contribution in [1.82, 2.24) is 4.90 Å². The van der Waals surface area contributed by atoms with E-state index in [9.17, 15) is 14.2 Å². The van der Waals surface area contributed by atoms with Crippen molar-refractivity contribution in [1.29, 1.82) is 0 Å². The zero-order valence-corrected chi connectivity index (χ0v) is 22.8. The molecule has 1 atom stereocenters. The fraction of sp³-hybridized carbons (Fsp3) is 0.429. The number of hydrogen-bond acceptors (Lipinski definition) is 6. The van der Waals surface area contributed by atoms with Gasteiger partial charge in [0.15, 0.2) is 0 Å². The molecule has 0 saturated carbocycles. The second kappa shape index (κ2) is 11.1. The third kappa shape index (κ3) is 8.44. The standard InChI is InChI=1S/C28H36NO6P/c1-27(2,3)34-36(32,35-28(4,5)6)20-23-14-12-21(13-15-23)16-17-25(30)29-24(19-33-26(29)31)18-22-10-8-7-9-11-22/h7-17,24H,18-20H2,1-6H3/b17-16+/t24-/m0/s1. The zero-order valence-electron chi connectivity index (χ0n) is 21.9. The summed E-state index contributed by atoms with van der Waals surface area (Å²) in [6.07, 6.45) is 3.05. The Bertz CT molecular complexity index is 1110. The summed E-state index contributed by atoms with van der Waals surface area (Å²) in [6.45, 7) is 11.2. The van der Waals surface area contributed by atoms with Gasteiger partial charge in [0.1, 0.15) is 6.61 Å². The van der Waals surface area contributed by atoms with Crippen LogP contribution in [0.5, 0.6) is 0 Å². The fourth-order valence-corrected chi connectivity index (χ4v) is 6.38. The Morgan fingerprint density at radius 3 is 2.11 bits per heavy atom. The summed E-state index contributed by atoms with van der Waals surface area (Å²) in [5, 5.41) is 0. The molecule has 2 aromatic rings. The average molecular weight is 514 g/mol. The molecule has 194 valence electrons. The largest absolute Gasteiger partial charge is 0.447 e. The first-order chi connectivity index (χ1) is 16.7. The highest BCUT2D eigenvalue weighted by atomic mass is 31.2. The third-order valence-electron chi connectivity index (χ3n) is 5.11. The van der Waals surface area contributed by atoms with Crippen LogP contribution < -0.4 is 0 Å². The summed E-state index contributed by atoms with van der Waals surface area (Å²) in [5.74, 6) is -0.427. The van der Waals surface area contributed by atoms with E-state index in [1.807, 2.05) is 96.1 Å². The van der Waals surface area contributed by atoms with Gasteiger partial charge in [0.05, 0.1) is 23.4 Å². The summed E-state index contributed by atoms with van der Waals surface area (Å²) < 4.78 is 30.4. The van der Waals surface area contributed by atoms with Gasteiger partial charge >= 0.3 is 13.7 Å². The van der Waals surface area contributed by atoms with Gasteiger partial charge in [0.2, 0.25) is 0 Å². The van der Waals surface area contributed by atoms with E-state index in [4.69, 9.17) is 13.8 Å². The van der Waals surface area contributed by atoms with Crippen LogP contribution in [0.1, 0.15) is 58.2 Å². The van der Waals surface area contributed by atoms with Crippen molar-refractivity contribution in [3.8, 4) is 0 Å². The molecule has 1 heterocycles. The van der Waals surface area contributed by atoms with Crippen LogP contribution in [-0.2, 0) is 35.7 Å². The van der Waals surface area contributed by atoms with E-state index in [0.29, 0.717) is 6.42 Å². The molecule has 1 aliphatic rings. The summed E-state index contributed by atoms with van der Waals surface area (Å²) in [7, 11) is -3.42. The lowest BCUT2D eigenvalue weighted by Gasteiger charge is -2.32.